The number of sulfonamides is 1. The average Bonchev–Trinajstić information content (AvgIpc) is 3.01. The summed E-state index contributed by atoms with van der Waals surface area (Å²) >= 11 is 0. The van der Waals surface area contributed by atoms with E-state index < -0.39 is 10.0 Å². The van der Waals surface area contributed by atoms with Crippen molar-refractivity contribution in [3.8, 4) is 6.19 Å². The molecule has 1 aliphatic rings. The molecule has 1 aliphatic heterocycles. The molecule has 0 bridgehead atoms. The van der Waals surface area contributed by atoms with E-state index in [1.807, 2.05) is 13.1 Å². The van der Waals surface area contributed by atoms with Gasteiger partial charge in [0.25, 0.3) is 0 Å². The zero-order chi connectivity index (χ0) is 18.4. The van der Waals surface area contributed by atoms with Gasteiger partial charge < -0.3 is 10.2 Å². The summed E-state index contributed by atoms with van der Waals surface area (Å²) in [5.74, 6) is -0.123. The predicted octanol–water partition coefficient (Wildman–Crippen LogP) is 1.96. The Balaban J connectivity index is 2.13. The molecule has 0 aliphatic carbocycles. The molecule has 1 aromatic rings. The molecule has 0 saturated carbocycles. The summed E-state index contributed by atoms with van der Waals surface area (Å²) in [4.78, 5) is 13.5. The number of hydrogen-bond acceptors (Lipinski definition) is 5. The van der Waals surface area contributed by atoms with E-state index >= 15 is 0 Å². The van der Waals surface area contributed by atoms with Crippen LogP contribution in [0.1, 0.15) is 38.2 Å². The summed E-state index contributed by atoms with van der Waals surface area (Å²) < 4.78 is 28.0. The second-order valence-electron chi connectivity index (χ2n) is 6.28. The summed E-state index contributed by atoms with van der Waals surface area (Å²) in [5, 5.41) is 11.6. The van der Waals surface area contributed by atoms with E-state index in [-0.39, 0.29) is 16.8 Å². The van der Waals surface area contributed by atoms with E-state index in [2.05, 4.69) is 10.0 Å². The second kappa shape index (κ2) is 8.32. The Kier molecular flexibility index (Phi) is 6.39. The lowest BCUT2D eigenvalue weighted by Gasteiger charge is -2.15. The zero-order valence-electron chi connectivity index (χ0n) is 14.6. The van der Waals surface area contributed by atoms with Crippen LogP contribution in [0.4, 0.5) is 5.69 Å². The Hall–Kier alpha value is -2.11. The third-order valence-electron chi connectivity index (χ3n) is 4.17. The third-order valence-corrected chi connectivity index (χ3v) is 5.83. The maximum atomic E-state index is 12.7. The van der Waals surface area contributed by atoms with Crippen LogP contribution in [0.15, 0.2) is 23.1 Å². The number of hydrogen-bond donors (Lipinski definition) is 2. The van der Waals surface area contributed by atoms with Gasteiger partial charge in [0, 0.05) is 31.2 Å². The van der Waals surface area contributed by atoms with E-state index in [1.54, 1.807) is 19.1 Å². The summed E-state index contributed by atoms with van der Waals surface area (Å²) in [5.41, 5.74) is 1.08. The number of amides is 1. The van der Waals surface area contributed by atoms with Crippen molar-refractivity contribution in [1.82, 2.24) is 9.62 Å². The molecular formula is C17H24N4O3S. The fourth-order valence-electron chi connectivity index (χ4n) is 2.76. The van der Waals surface area contributed by atoms with Crippen molar-refractivity contribution in [3.05, 3.63) is 23.8 Å². The number of anilines is 1. The molecule has 1 aromatic carbocycles. The summed E-state index contributed by atoms with van der Waals surface area (Å²) in [6.45, 7) is 4.65. The lowest BCUT2D eigenvalue weighted by atomic mass is 10.2. The van der Waals surface area contributed by atoms with E-state index in [9.17, 15) is 13.2 Å². The Morgan fingerprint density at radius 1 is 1.44 bits per heavy atom. The van der Waals surface area contributed by atoms with Crippen LogP contribution in [0.25, 0.3) is 0 Å². The molecule has 0 radical (unpaired) electrons. The minimum atomic E-state index is -3.72. The molecular weight excluding hydrogens is 340 g/mol. The first-order valence-corrected chi connectivity index (χ1v) is 9.91. The first-order valence-electron chi connectivity index (χ1n) is 8.43. The highest BCUT2D eigenvalue weighted by atomic mass is 32.2. The van der Waals surface area contributed by atoms with E-state index in [0.717, 1.165) is 12.8 Å². The molecule has 1 atom stereocenters. The number of aryl methyl sites for hydroxylation is 1. The standard InChI is InChI=1S/C17H24N4O3S/c1-3-4-5-17(22)19-14-7-6-13(2)16(10-14)25(23,24)20-15-8-9-21(11-15)12-18/h6-7,10,15,20H,3-5,8-9,11H2,1-2H3,(H,19,22)/t15-/m1/s1. The zero-order valence-corrected chi connectivity index (χ0v) is 15.4. The highest BCUT2D eigenvalue weighted by Crippen LogP contribution is 2.22. The topological polar surface area (TPSA) is 102 Å². The van der Waals surface area contributed by atoms with Crippen LogP contribution in [0.5, 0.6) is 0 Å². The van der Waals surface area contributed by atoms with Crippen molar-refractivity contribution in [2.45, 2.75) is 50.5 Å². The summed E-state index contributed by atoms with van der Waals surface area (Å²) in [6, 6.07) is 4.58. The smallest absolute Gasteiger partial charge is 0.241 e. The van der Waals surface area contributed by atoms with Crippen LogP contribution in [-0.4, -0.2) is 38.4 Å². The molecule has 1 heterocycles. The molecule has 2 N–H and O–H groups in total. The number of likely N-dealkylation sites (tertiary alicyclic amines) is 1. The number of rotatable bonds is 7. The number of carbonyl (C=O) groups is 1. The first kappa shape index (κ1) is 19.2. The van der Waals surface area contributed by atoms with Crippen molar-refractivity contribution in [3.63, 3.8) is 0 Å². The molecule has 1 amide bonds. The van der Waals surface area contributed by atoms with E-state index in [0.29, 0.717) is 37.2 Å². The molecule has 0 aromatic heterocycles. The fraction of sp³-hybridized carbons (Fsp3) is 0.529. The van der Waals surface area contributed by atoms with Gasteiger partial charge in [-0.2, -0.15) is 5.26 Å². The largest absolute Gasteiger partial charge is 0.326 e. The predicted molar refractivity (Wildman–Crippen MR) is 95.2 cm³/mol. The van der Waals surface area contributed by atoms with E-state index in [4.69, 9.17) is 5.26 Å². The molecule has 2 rings (SSSR count). The second-order valence-corrected chi connectivity index (χ2v) is 7.97. The Bertz CT molecular complexity index is 771. The Morgan fingerprint density at radius 2 is 2.20 bits per heavy atom. The molecule has 0 spiro atoms. The molecule has 1 saturated heterocycles. The molecule has 1 fully saturated rings. The van der Waals surface area contributed by atoms with Gasteiger partial charge in [-0.3, -0.25) is 4.79 Å². The minimum Gasteiger partial charge on any atom is -0.326 e. The molecule has 8 heteroatoms. The van der Waals surface area contributed by atoms with Crippen molar-refractivity contribution in [2.24, 2.45) is 0 Å². The van der Waals surface area contributed by atoms with Gasteiger partial charge in [0.2, 0.25) is 15.9 Å². The molecule has 136 valence electrons. The van der Waals surface area contributed by atoms with Crippen LogP contribution in [0.3, 0.4) is 0 Å². The van der Waals surface area contributed by atoms with Gasteiger partial charge in [0.15, 0.2) is 6.19 Å². The maximum Gasteiger partial charge on any atom is 0.241 e. The SMILES string of the molecule is CCCCC(=O)Nc1ccc(C)c(S(=O)(=O)N[C@@H]2CCN(C#N)C2)c1. The van der Waals surface area contributed by atoms with Gasteiger partial charge in [-0.25, -0.2) is 13.1 Å². The lowest BCUT2D eigenvalue weighted by Crippen LogP contribution is -2.36. The molecule has 25 heavy (non-hydrogen) atoms. The van der Waals surface area contributed by atoms with Crippen molar-refractivity contribution >= 4 is 21.6 Å². The van der Waals surface area contributed by atoms with Crippen LogP contribution in [-0.2, 0) is 14.8 Å². The van der Waals surface area contributed by atoms with Gasteiger partial charge in [0.05, 0.1) is 4.90 Å². The number of unbranched alkanes of at least 4 members (excludes halogenated alkanes) is 1. The highest BCUT2D eigenvalue weighted by Gasteiger charge is 2.27. The number of nitrogens with one attached hydrogen (secondary N) is 2. The van der Waals surface area contributed by atoms with Gasteiger partial charge >= 0.3 is 0 Å². The Labute approximate surface area is 149 Å². The summed E-state index contributed by atoms with van der Waals surface area (Å²) in [7, 11) is -3.72. The van der Waals surface area contributed by atoms with Crippen LogP contribution < -0.4 is 10.0 Å². The van der Waals surface area contributed by atoms with Crippen molar-refractivity contribution in [1.29, 1.82) is 5.26 Å². The van der Waals surface area contributed by atoms with E-state index in [1.165, 1.54) is 11.0 Å². The van der Waals surface area contributed by atoms with Gasteiger partial charge in [-0.1, -0.05) is 19.4 Å². The quantitative estimate of drug-likeness (QED) is 0.720. The monoisotopic (exact) mass is 364 g/mol. The third kappa shape index (κ3) is 5.18. The number of carbonyl (C=O) groups excluding carboxylic acids is 1. The van der Waals surface area contributed by atoms with Gasteiger partial charge in [0.1, 0.15) is 0 Å². The number of nitrogens with zero attached hydrogens (tertiary/aromatic N) is 2. The first-order chi connectivity index (χ1) is 11.9. The van der Waals surface area contributed by atoms with Crippen LogP contribution in [0.2, 0.25) is 0 Å². The van der Waals surface area contributed by atoms with Crippen LogP contribution in [0, 0.1) is 18.4 Å². The summed E-state index contributed by atoms with van der Waals surface area (Å²) in [6.07, 6.45) is 4.75. The van der Waals surface area contributed by atoms with Crippen molar-refractivity contribution < 1.29 is 13.2 Å². The average molecular weight is 364 g/mol. The van der Waals surface area contributed by atoms with Crippen LogP contribution >= 0.6 is 0 Å². The van der Waals surface area contributed by atoms with Crippen molar-refractivity contribution in [2.75, 3.05) is 18.4 Å². The maximum absolute atomic E-state index is 12.7. The molecule has 0 unspecified atom stereocenters. The Morgan fingerprint density at radius 3 is 2.84 bits per heavy atom. The van der Waals surface area contributed by atoms with Gasteiger partial charge in [-0.15, -0.1) is 0 Å². The fourth-order valence-corrected chi connectivity index (χ4v) is 4.29. The normalized spacial score (nSPS) is 17.3. The van der Waals surface area contributed by atoms with Gasteiger partial charge in [-0.05, 0) is 37.5 Å². The molecule has 7 nitrogen and oxygen atoms in total. The number of nitriles is 1. The number of benzene rings is 1. The minimum absolute atomic E-state index is 0.123. The highest BCUT2D eigenvalue weighted by molar-refractivity contribution is 7.89. The lowest BCUT2D eigenvalue weighted by molar-refractivity contribution is -0.116.